The normalized spacial score (nSPS) is 21.8. The summed E-state index contributed by atoms with van der Waals surface area (Å²) in [6, 6.07) is 5.74. The molecule has 1 aromatic carbocycles. The zero-order valence-corrected chi connectivity index (χ0v) is 14.1. The molecule has 0 spiro atoms. The molecule has 0 saturated heterocycles. The van der Waals surface area contributed by atoms with E-state index in [4.69, 9.17) is 9.88 Å². The van der Waals surface area contributed by atoms with Crippen molar-refractivity contribution < 1.29 is 17.9 Å². The number of nitrogens with one attached hydrogen (secondary N) is 1. The van der Waals surface area contributed by atoms with Crippen LogP contribution in [0.3, 0.4) is 0 Å². The summed E-state index contributed by atoms with van der Waals surface area (Å²) in [5.41, 5.74) is 0.515. The summed E-state index contributed by atoms with van der Waals surface area (Å²) < 4.78 is 28.1. The van der Waals surface area contributed by atoms with Gasteiger partial charge in [-0.15, -0.1) is 0 Å². The molecule has 7 heteroatoms. The third-order valence-electron chi connectivity index (χ3n) is 4.26. The standard InChI is InChI=1S/C16H24N2O4S/c1-2-12-5-3-4-6-15(12)22-11-16(19)18-13-7-9-14(10-8-13)23(17,20)21/h7-10,12,15H,2-6,11H2,1H3,(H,18,19)(H2,17,20,21)/t12-,15+/m1/s1. The van der Waals surface area contributed by atoms with Crippen molar-refractivity contribution >= 4 is 21.6 Å². The molecule has 2 rings (SSSR count). The Labute approximate surface area is 137 Å². The van der Waals surface area contributed by atoms with Crippen molar-refractivity contribution in [3.05, 3.63) is 24.3 Å². The molecule has 1 aliphatic carbocycles. The molecule has 1 aromatic rings. The van der Waals surface area contributed by atoms with Crippen LogP contribution in [0, 0.1) is 5.92 Å². The van der Waals surface area contributed by atoms with Crippen LogP contribution in [0.1, 0.15) is 39.0 Å². The number of amides is 1. The Hall–Kier alpha value is -1.44. The minimum Gasteiger partial charge on any atom is -0.368 e. The Kier molecular flexibility index (Phi) is 6.15. The maximum absolute atomic E-state index is 12.0. The molecule has 3 N–H and O–H groups in total. The van der Waals surface area contributed by atoms with Crippen LogP contribution in [0.15, 0.2) is 29.2 Å². The van der Waals surface area contributed by atoms with Crippen LogP contribution >= 0.6 is 0 Å². The average molecular weight is 340 g/mol. The summed E-state index contributed by atoms with van der Waals surface area (Å²) in [6.45, 7) is 2.16. The number of anilines is 1. The van der Waals surface area contributed by atoms with E-state index in [9.17, 15) is 13.2 Å². The van der Waals surface area contributed by atoms with Crippen molar-refractivity contribution in [3.63, 3.8) is 0 Å². The SMILES string of the molecule is CC[C@@H]1CCCC[C@@H]1OCC(=O)Nc1ccc(S(N)(=O)=O)cc1. The lowest BCUT2D eigenvalue weighted by Crippen LogP contribution is -2.31. The maximum atomic E-state index is 12.0. The predicted molar refractivity (Wildman–Crippen MR) is 88.4 cm³/mol. The van der Waals surface area contributed by atoms with E-state index in [1.807, 2.05) is 0 Å². The van der Waals surface area contributed by atoms with E-state index in [0.29, 0.717) is 11.6 Å². The first-order valence-electron chi connectivity index (χ1n) is 7.94. The number of hydrogen-bond donors (Lipinski definition) is 2. The molecule has 0 aromatic heterocycles. The highest BCUT2D eigenvalue weighted by Crippen LogP contribution is 2.29. The summed E-state index contributed by atoms with van der Waals surface area (Å²) in [5.74, 6) is 0.291. The van der Waals surface area contributed by atoms with Crippen molar-refractivity contribution in [2.75, 3.05) is 11.9 Å². The van der Waals surface area contributed by atoms with Crippen LogP contribution in [0.4, 0.5) is 5.69 Å². The molecule has 0 bridgehead atoms. The molecule has 0 heterocycles. The van der Waals surface area contributed by atoms with Gasteiger partial charge in [-0.1, -0.05) is 26.2 Å². The first-order chi connectivity index (χ1) is 10.9. The van der Waals surface area contributed by atoms with E-state index < -0.39 is 10.0 Å². The van der Waals surface area contributed by atoms with Gasteiger partial charge in [-0.05, 0) is 43.0 Å². The van der Waals surface area contributed by atoms with Gasteiger partial charge in [0, 0.05) is 5.69 Å². The van der Waals surface area contributed by atoms with Crippen LogP contribution in [0.25, 0.3) is 0 Å². The Morgan fingerprint density at radius 3 is 2.52 bits per heavy atom. The van der Waals surface area contributed by atoms with Crippen LogP contribution in [0.2, 0.25) is 0 Å². The Morgan fingerprint density at radius 1 is 1.26 bits per heavy atom. The molecule has 1 aliphatic rings. The number of nitrogens with two attached hydrogens (primary N) is 1. The van der Waals surface area contributed by atoms with E-state index in [1.165, 1.54) is 30.7 Å². The van der Waals surface area contributed by atoms with Gasteiger partial charge in [0.25, 0.3) is 0 Å². The van der Waals surface area contributed by atoms with Crippen molar-refractivity contribution in [2.24, 2.45) is 11.1 Å². The van der Waals surface area contributed by atoms with Gasteiger partial charge < -0.3 is 10.1 Å². The van der Waals surface area contributed by atoms with Crippen molar-refractivity contribution in [1.29, 1.82) is 0 Å². The lowest BCUT2D eigenvalue weighted by molar-refractivity contribution is -0.124. The van der Waals surface area contributed by atoms with Gasteiger partial charge in [-0.25, -0.2) is 13.6 Å². The molecule has 1 amide bonds. The average Bonchev–Trinajstić information content (AvgIpc) is 2.53. The second kappa shape index (κ2) is 7.90. The van der Waals surface area contributed by atoms with Crippen LogP contribution in [-0.4, -0.2) is 27.0 Å². The number of carbonyl (C=O) groups excluding carboxylic acids is 1. The lowest BCUT2D eigenvalue weighted by atomic mass is 9.85. The minimum atomic E-state index is -3.72. The van der Waals surface area contributed by atoms with Crippen LogP contribution in [-0.2, 0) is 19.6 Å². The summed E-state index contributed by atoms with van der Waals surface area (Å²) in [6.07, 6.45) is 5.79. The Balaban J connectivity index is 1.85. The smallest absolute Gasteiger partial charge is 0.250 e. The van der Waals surface area contributed by atoms with E-state index in [1.54, 1.807) is 0 Å². The number of primary sulfonamides is 1. The zero-order valence-electron chi connectivity index (χ0n) is 13.3. The molecule has 6 nitrogen and oxygen atoms in total. The Bertz CT molecular complexity index is 628. The third-order valence-corrected chi connectivity index (χ3v) is 5.19. The van der Waals surface area contributed by atoms with Gasteiger partial charge >= 0.3 is 0 Å². The van der Waals surface area contributed by atoms with Gasteiger partial charge in [0.05, 0.1) is 11.0 Å². The molecule has 1 fully saturated rings. The number of hydrogen-bond acceptors (Lipinski definition) is 4. The zero-order chi connectivity index (χ0) is 16.9. The molecule has 2 atom stereocenters. The van der Waals surface area contributed by atoms with Crippen LogP contribution in [0.5, 0.6) is 0 Å². The number of sulfonamides is 1. The van der Waals surface area contributed by atoms with Crippen LogP contribution < -0.4 is 10.5 Å². The number of benzene rings is 1. The Morgan fingerprint density at radius 2 is 1.91 bits per heavy atom. The van der Waals surface area contributed by atoms with Gasteiger partial charge in [0.1, 0.15) is 6.61 Å². The highest BCUT2D eigenvalue weighted by molar-refractivity contribution is 7.89. The second-order valence-corrected chi connectivity index (χ2v) is 7.48. The number of ether oxygens (including phenoxy) is 1. The molecular weight excluding hydrogens is 316 g/mol. The molecule has 0 aliphatic heterocycles. The fraction of sp³-hybridized carbons (Fsp3) is 0.562. The molecular formula is C16H24N2O4S. The van der Waals surface area contributed by atoms with Gasteiger partial charge in [0.15, 0.2) is 0 Å². The molecule has 128 valence electrons. The monoisotopic (exact) mass is 340 g/mol. The second-order valence-electron chi connectivity index (χ2n) is 5.92. The summed E-state index contributed by atoms with van der Waals surface area (Å²) in [7, 11) is -3.72. The fourth-order valence-electron chi connectivity index (χ4n) is 2.97. The number of rotatable bonds is 6. The largest absolute Gasteiger partial charge is 0.368 e. The topological polar surface area (TPSA) is 98.5 Å². The summed E-state index contributed by atoms with van der Waals surface area (Å²) in [5, 5.41) is 7.72. The van der Waals surface area contributed by atoms with Gasteiger partial charge in [0.2, 0.25) is 15.9 Å². The maximum Gasteiger partial charge on any atom is 0.250 e. The predicted octanol–water partition coefficient (Wildman–Crippen LogP) is 2.26. The molecule has 1 saturated carbocycles. The fourth-order valence-corrected chi connectivity index (χ4v) is 3.48. The minimum absolute atomic E-state index is 0.0120. The highest BCUT2D eigenvalue weighted by atomic mass is 32.2. The summed E-state index contributed by atoms with van der Waals surface area (Å²) in [4.78, 5) is 12.0. The van der Waals surface area contributed by atoms with Crippen molar-refractivity contribution in [2.45, 2.75) is 50.0 Å². The van der Waals surface area contributed by atoms with Crippen molar-refractivity contribution in [3.8, 4) is 0 Å². The van der Waals surface area contributed by atoms with E-state index >= 15 is 0 Å². The van der Waals surface area contributed by atoms with Crippen molar-refractivity contribution in [1.82, 2.24) is 0 Å². The lowest BCUT2D eigenvalue weighted by Gasteiger charge is -2.30. The molecule has 0 radical (unpaired) electrons. The summed E-state index contributed by atoms with van der Waals surface area (Å²) >= 11 is 0. The molecule has 23 heavy (non-hydrogen) atoms. The van der Waals surface area contributed by atoms with E-state index in [0.717, 1.165) is 25.7 Å². The van der Waals surface area contributed by atoms with Gasteiger partial charge in [-0.3, -0.25) is 4.79 Å². The first kappa shape index (κ1) is 17.9. The molecule has 0 unspecified atom stereocenters. The van der Waals surface area contributed by atoms with Gasteiger partial charge in [-0.2, -0.15) is 0 Å². The first-order valence-corrected chi connectivity index (χ1v) is 9.49. The van der Waals surface area contributed by atoms with E-state index in [2.05, 4.69) is 12.2 Å². The quantitative estimate of drug-likeness (QED) is 0.830. The highest BCUT2D eigenvalue weighted by Gasteiger charge is 2.24. The van der Waals surface area contributed by atoms with E-state index in [-0.39, 0.29) is 23.5 Å². The number of carbonyl (C=O) groups is 1. The third kappa shape index (κ3) is 5.30.